The van der Waals surface area contributed by atoms with Gasteiger partial charge in [-0.3, -0.25) is 4.79 Å². The van der Waals surface area contributed by atoms with E-state index in [4.69, 9.17) is 13.9 Å². The minimum Gasteiger partial charge on any atom is -0.497 e. The van der Waals surface area contributed by atoms with Crippen LogP contribution in [0.25, 0.3) is 11.5 Å². The van der Waals surface area contributed by atoms with Gasteiger partial charge < -0.3 is 19.2 Å². The first-order chi connectivity index (χ1) is 14.2. The Hall–Kier alpha value is -3.00. The van der Waals surface area contributed by atoms with Crippen LogP contribution in [0.2, 0.25) is 0 Å². The second kappa shape index (κ2) is 8.57. The Balaban J connectivity index is 1.37. The fraction of sp³-hybridized carbons (Fsp3) is 0.286. The van der Waals surface area contributed by atoms with Crippen molar-refractivity contribution >= 4 is 23.4 Å². The van der Waals surface area contributed by atoms with Gasteiger partial charge in [0.1, 0.15) is 11.5 Å². The molecule has 1 aliphatic rings. The van der Waals surface area contributed by atoms with Crippen LogP contribution in [0.5, 0.6) is 11.5 Å². The van der Waals surface area contributed by atoms with Gasteiger partial charge in [-0.1, -0.05) is 17.8 Å². The molecule has 0 saturated heterocycles. The fourth-order valence-corrected chi connectivity index (χ4v) is 3.89. The minimum atomic E-state index is -0.116. The fourth-order valence-electron chi connectivity index (χ4n) is 3.33. The summed E-state index contributed by atoms with van der Waals surface area (Å²) in [5, 5.41) is 11.3. The molecule has 0 spiro atoms. The lowest BCUT2D eigenvalue weighted by molar-refractivity contribution is -0.113. The van der Waals surface area contributed by atoms with E-state index in [1.165, 1.54) is 29.3 Å². The van der Waals surface area contributed by atoms with Crippen LogP contribution in [-0.4, -0.2) is 36.1 Å². The van der Waals surface area contributed by atoms with Gasteiger partial charge in [-0.05, 0) is 54.7 Å². The molecule has 0 unspecified atom stereocenters. The number of benzene rings is 2. The molecule has 4 rings (SSSR count). The van der Waals surface area contributed by atoms with Crippen molar-refractivity contribution in [2.24, 2.45) is 0 Å². The first-order valence-electron chi connectivity index (χ1n) is 9.26. The summed E-state index contributed by atoms with van der Waals surface area (Å²) in [6, 6.07) is 11.4. The monoisotopic (exact) mass is 411 g/mol. The number of ether oxygens (including phenoxy) is 2. The van der Waals surface area contributed by atoms with Gasteiger partial charge in [0.25, 0.3) is 11.1 Å². The third kappa shape index (κ3) is 4.37. The second-order valence-corrected chi connectivity index (χ2v) is 7.54. The molecular formula is C21H21N3O4S. The van der Waals surface area contributed by atoms with Crippen molar-refractivity contribution in [1.29, 1.82) is 0 Å². The average Bonchev–Trinajstić information content (AvgIpc) is 3.40. The molecule has 0 atom stereocenters. The summed E-state index contributed by atoms with van der Waals surface area (Å²) in [6.45, 7) is 0. The minimum absolute atomic E-state index is 0.116. The van der Waals surface area contributed by atoms with E-state index in [-0.39, 0.29) is 11.7 Å². The third-order valence-electron chi connectivity index (χ3n) is 4.75. The summed E-state index contributed by atoms with van der Waals surface area (Å²) >= 11 is 1.19. The topological polar surface area (TPSA) is 86.5 Å². The van der Waals surface area contributed by atoms with E-state index in [0.717, 1.165) is 18.5 Å². The van der Waals surface area contributed by atoms with Gasteiger partial charge in [-0.15, -0.1) is 10.2 Å². The van der Waals surface area contributed by atoms with Crippen LogP contribution in [-0.2, 0) is 17.6 Å². The van der Waals surface area contributed by atoms with Crippen LogP contribution in [0.4, 0.5) is 5.69 Å². The number of rotatable bonds is 7. The number of nitrogens with zero attached hydrogens (tertiary/aromatic N) is 2. The van der Waals surface area contributed by atoms with Gasteiger partial charge in [-0.2, -0.15) is 0 Å². The lowest BCUT2D eigenvalue weighted by Gasteiger charge is -2.07. The highest BCUT2D eigenvalue weighted by atomic mass is 32.2. The molecule has 3 aromatic rings. The van der Waals surface area contributed by atoms with Crippen LogP contribution in [0.3, 0.4) is 0 Å². The van der Waals surface area contributed by atoms with Gasteiger partial charge in [-0.25, -0.2) is 0 Å². The number of hydrogen-bond acceptors (Lipinski definition) is 7. The summed E-state index contributed by atoms with van der Waals surface area (Å²) in [4.78, 5) is 12.3. The molecule has 1 amide bonds. The number of aryl methyl sites for hydroxylation is 2. The van der Waals surface area contributed by atoms with Crippen LogP contribution >= 0.6 is 11.8 Å². The molecule has 0 radical (unpaired) electrons. The highest BCUT2D eigenvalue weighted by Crippen LogP contribution is 2.33. The molecule has 0 aliphatic heterocycles. The smallest absolute Gasteiger partial charge is 0.277 e. The van der Waals surface area contributed by atoms with Crippen LogP contribution < -0.4 is 14.8 Å². The molecule has 0 saturated carbocycles. The zero-order valence-electron chi connectivity index (χ0n) is 16.2. The molecule has 1 aliphatic carbocycles. The number of hydrogen-bond donors (Lipinski definition) is 1. The maximum Gasteiger partial charge on any atom is 0.277 e. The molecule has 1 aromatic heterocycles. The maximum atomic E-state index is 12.3. The molecule has 150 valence electrons. The van der Waals surface area contributed by atoms with E-state index in [9.17, 15) is 4.79 Å². The number of carbonyl (C=O) groups is 1. The first-order valence-corrected chi connectivity index (χ1v) is 10.2. The number of aromatic nitrogens is 2. The zero-order chi connectivity index (χ0) is 20.2. The van der Waals surface area contributed by atoms with Crippen molar-refractivity contribution < 1.29 is 18.7 Å². The van der Waals surface area contributed by atoms with Gasteiger partial charge in [0, 0.05) is 11.8 Å². The predicted molar refractivity (Wildman–Crippen MR) is 111 cm³/mol. The molecule has 1 heterocycles. The summed E-state index contributed by atoms with van der Waals surface area (Å²) in [7, 11) is 3.15. The summed E-state index contributed by atoms with van der Waals surface area (Å²) in [5.41, 5.74) is 4.19. The lowest BCUT2D eigenvalue weighted by Crippen LogP contribution is -2.14. The molecule has 29 heavy (non-hydrogen) atoms. The number of methoxy groups -OCH3 is 2. The van der Waals surface area contributed by atoms with Gasteiger partial charge in [0.05, 0.1) is 25.5 Å². The summed E-state index contributed by atoms with van der Waals surface area (Å²) in [5.74, 6) is 1.63. The van der Waals surface area contributed by atoms with Crippen molar-refractivity contribution in [1.82, 2.24) is 10.2 Å². The molecule has 1 N–H and O–H groups in total. The third-order valence-corrected chi connectivity index (χ3v) is 5.57. The van der Waals surface area contributed by atoms with Crippen molar-refractivity contribution in [3.8, 4) is 23.0 Å². The van der Waals surface area contributed by atoms with E-state index in [2.05, 4.69) is 27.6 Å². The van der Waals surface area contributed by atoms with Crippen LogP contribution in [0.1, 0.15) is 17.5 Å². The number of nitrogens with one attached hydrogen (secondary N) is 1. The van der Waals surface area contributed by atoms with Crippen molar-refractivity contribution in [2.45, 2.75) is 24.5 Å². The Kier molecular flexibility index (Phi) is 5.71. The van der Waals surface area contributed by atoms with Crippen molar-refractivity contribution in [3.05, 3.63) is 47.5 Å². The molecule has 0 fully saturated rings. The number of carbonyl (C=O) groups excluding carboxylic acids is 1. The number of thioether (sulfide) groups is 1. The van der Waals surface area contributed by atoms with E-state index >= 15 is 0 Å². The van der Waals surface area contributed by atoms with Crippen molar-refractivity contribution in [3.63, 3.8) is 0 Å². The van der Waals surface area contributed by atoms with Crippen molar-refractivity contribution in [2.75, 3.05) is 25.3 Å². The lowest BCUT2D eigenvalue weighted by atomic mass is 10.1. The molecule has 7 nitrogen and oxygen atoms in total. The quantitative estimate of drug-likeness (QED) is 0.589. The Labute approximate surface area is 172 Å². The Morgan fingerprint density at radius 3 is 2.79 bits per heavy atom. The van der Waals surface area contributed by atoms with E-state index in [0.29, 0.717) is 28.2 Å². The Bertz CT molecular complexity index is 1030. The maximum absolute atomic E-state index is 12.3. The normalized spacial score (nSPS) is 12.5. The molecule has 0 bridgehead atoms. The largest absolute Gasteiger partial charge is 0.497 e. The number of anilines is 1. The Morgan fingerprint density at radius 1 is 1.10 bits per heavy atom. The van der Waals surface area contributed by atoms with Gasteiger partial charge in [0.15, 0.2) is 0 Å². The number of fused-ring (bicyclic) bond motifs is 1. The van der Waals surface area contributed by atoms with Gasteiger partial charge >= 0.3 is 0 Å². The molecule has 2 aromatic carbocycles. The molecule has 8 heteroatoms. The Morgan fingerprint density at radius 2 is 1.97 bits per heavy atom. The highest BCUT2D eigenvalue weighted by molar-refractivity contribution is 7.99. The zero-order valence-corrected chi connectivity index (χ0v) is 17.0. The first kappa shape index (κ1) is 19.3. The summed E-state index contributed by atoms with van der Waals surface area (Å²) in [6.07, 6.45) is 3.38. The number of amides is 1. The standard InChI is InChI=1S/C21H21N3O4S/c1-26-16-8-9-17(18(11-16)27-2)20-23-24-21(28-20)29-12-19(25)22-15-7-6-13-4-3-5-14(13)10-15/h6-11H,3-5,12H2,1-2H3,(H,22,25). The average molecular weight is 411 g/mol. The SMILES string of the molecule is COc1ccc(-c2nnc(SCC(=O)Nc3ccc4c(c3)CCC4)o2)c(OC)c1. The molecular weight excluding hydrogens is 390 g/mol. The second-order valence-electron chi connectivity index (χ2n) is 6.61. The van der Waals surface area contributed by atoms with E-state index < -0.39 is 0 Å². The summed E-state index contributed by atoms with van der Waals surface area (Å²) < 4.78 is 16.3. The van der Waals surface area contributed by atoms with E-state index in [1.54, 1.807) is 32.4 Å². The van der Waals surface area contributed by atoms with Gasteiger partial charge in [0.2, 0.25) is 5.91 Å². The van der Waals surface area contributed by atoms with Crippen LogP contribution in [0.15, 0.2) is 46.0 Å². The van der Waals surface area contributed by atoms with Crippen LogP contribution in [0, 0.1) is 0 Å². The predicted octanol–water partition coefficient (Wildman–Crippen LogP) is 3.97. The van der Waals surface area contributed by atoms with E-state index in [1.807, 2.05) is 6.07 Å². The highest BCUT2D eigenvalue weighted by Gasteiger charge is 2.16.